The Morgan fingerprint density at radius 3 is 2.31 bits per heavy atom. The first-order chi connectivity index (χ1) is 18.7. The van der Waals surface area contributed by atoms with Crippen molar-refractivity contribution in [1.29, 1.82) is 0 Å². The van der Waals surface area contributed by atoms with Crippen LogP contribution in [0.1, 0.15) is 21.6 Å². The van der Waals surface area contributed by atoms with Gasteiger partial charge >= 0.3 is 0 Å². The van der Waals surface area contributed by atoms with Gasteiger partial charge in [-0.05, 0) is 80.2 Å². The largest absolute Gasteiger partial charge is 0.497 e. The molecule has 3 aromatic carbocycles. The van der Waals surface area contributed by atoms with E-state index in [0.717, 1.165) is 42.8 Å². The number of carbonyl (C=O) groups is 2. The number of aromatic nitrogens is 1. The molecular weight excluding hydrogens is 535 g/mol. The molecule has 0 aliphatic carbocycles. The number of hydrogen-bond acceptors (Lipinski definition) is 5. The van der Waals surface area contributed by atoms with Gasteiger partial charge in [-0.25, -0.2) is 0 Å². The zero-order chi connectivity index (χ0) is 27.7. The number of amides is 1. The van der Waals surface area contributed by atoms with Crippen molar-refractivity contribution in [3.63, 3.8) is 0 Å². The fourth-order valence-corrected chi connectivity index (χ4v) is 5.38. The third-order valence-corrected chi connectivity index (χ3v) is 7.74. The van der Waals surface area contributed by atoms with Gasteiger partial charge in [0, 0.05) is 52.9 Å². The number of ether oxygens (including phenoxy) is 1. The highest BCUT2D eigenvalue weighted by atomic mass is 35.5. The molecule has 0 radical (unpaired) electrons. The van der Waals surface area contributed by atoms with Crippen LogP contribution in [0.3, 0.4) is 0 Å². The molecule has 9 heteroatoms. The van der Waals surface area contributed by atoms with Gasteiger partial charge in [0.25, 0.3) is 5.91 Å². The zero-order valence-electron chi connectivity index (χ0n) is 22.1. The van der Waals surface area contributed by atoms with E-state index in [1.165, 1.54) is 0 Å². The zero-order valence-corrected chi connectivity index (χ0v) is 23.6. The number of halogens is 2. The second-order valence-corrected chi connectivity index (χ2v) is 10.6. The van der Waals surface area contributed by atoms with E-state index in [4.69, 9.17) is 27.9 Å². The molecule has 1 aliphatic rings. The Labute approximate surface area is 237 Å². The summed E-state index contributed by atoms with van der Waals surface area (Å²) in [6.45, 7) is 5.47. The maximum absolute atomic E-state index is 13.6. The van der Waals surface area contributed by atoms with Crippen LogP contribution in [0.25, 0.3) is 10.9 Å². The number of nitrogens with zero attached hydrogens (tertiary/aromatic N) is 3. The monoisotopic (exact) mass is 564 g/mol. The number of hydrogen-bond donors (Lipinski definition) is 1. The van der Waals surface area contributed by atoms with E-state index in [0.29, 0.717) is 38.3 Å². The summed E-state index contributed by atoms with van der Waals surface area (Å²) in [4.78, 5) is 31.6. The highest BCUT2D eigenvalue weighted by Gasteiger charge is 2.23. The van der Waals surface area contributed by atoms with Gasteiger partial charge < -0.3 is 19.9 Å². The van der Waals surface area contributed by atoms with Crippen LogP contribution in [0.15, 0.2) is 60.7 Å². The molecule has 4 aromatic rings. The second kappa shape index (κ2) is 11.3. The standard InChI is InChI=1S/C30H30Cl2N4O3/c1-19-24(18-29(37)33-26-16-22(32)8-10-28(26)35-14-12-34(2)13-15-35)25-17-23(39-3)9-11-27(25)36(19)30(38)20-4-6-21(31)7-5-20/h4-11,16-17H,12-15,18H2,1-3H3,(H,33,37). The Kier molecular flexibility index (Phi) is 7.84. The number of anilines is 2. The van der Waals surface area contributed by atoms with Crippen LogP contribution in [-0.2, 0) is 11.2 Å². The fourth-order valence-electron chi connectivity index (χ4n) is 5.08. The van der Waals surface area contributed by atoms with Crippen molar-refractivity contribution in [2.75, 3.05) is 50.6 Å². The van der Waals surface area contributed by atoms with E-state index in [1.807, 2.05) is 37.3 Å². The van der Waals surface area contributed by atoms with Crippen molar-refractivity contribution in [3.05, 3.63) is 87.5 Å². The Hall–Kier alpha value is -3.52. The van der Waals surface area contributed by atoms with E-state index >= 15 is 0 Å². The Bertz CT molecular complexity index is 1540. The summed E-state index contributed by atoms with van der Waals surface area (Å²) in [7, 11) is 3.70. The van der Waals surface area contributed by atoms with Crippen molar-refractivity contribution < 1.29 is 14.3 Å². The summed E-state index contributed by atoms with van der Waals surface area (Å²) in [6.07, 6.45) is 0.0745. The van der Waals surface area contributed by atoms with Crippen LogP contribution in [0.2, 0.25) is 10.0 Å². The number of methoxy groups -OCH3 is 1. The molecule has 202 valence electrons. The van der Waals surface area contributed by atoms with Crippen molar-refractivity contribution in [3.8, 4) is 5.75 Å². The third kappa shape index (κ3) is 5.62. The van der Waals surface area contributed by atoms with E-state index in [9.17, 15) is 9.59 Å². The van der Waals surface area contributed by atoms with Crippen LogP contribution >= 0.6 is 23.2 Å². The summed E-state index contributed by atoms with van der Waals surface area (Å²) >= 11 is 12.4. The minimum Gasteiger partial charge on any atom is -0.497 e. The molecule has 0 spiro atoms. The third-order valence-electron chi connectivity index (χ3n) is 7.25. The molecule has 1 saturated heterocycles. The van der Waals surface area contributed by atoms with Gasteiger partial charge in [-0.15, -0.1) is 0 Å². The van der Waals surface area contributed by atoms with E-state index in [-0.39, 0.29) is 18.2 Å². The highest BCUT2D eigenvalue weighted by Crippen LogP contribution is 2.33. The lowest BCUT2D eigenvalue weighted by atomic mass is 10.1. The first kappa shape index (κ1) is 27.1. The van der Waals surface area contributed by atoms with Gasteiger partial charge in [-0.2, -0.15) is 0 Å². The molecule has 0 bridgehead atoms. The molecule has 1 aliphatic heterocycles. The van der Waals surface area contributed by atoms with Gasteiger partial charge in [-0.3, -0.25) is 14.2 Å². The molecule has 0 saturated carbocycles. The fraction of sp³-hybridized carbons (Fsp3) is 0.267. The minimum absolute atomic E-state index is 0.0745. The van der Waals surface area contributed by atoms with Gasteiger partial charge in [0.15, 0.2) is 0 Å². The SMILES string of the molecule is COc1ccc2c(c1)c(CC(=O)Nc1cc(Cl)ccc1N1CCN(C)CC1)c(C)n2C(=O)c1ccc(Cl)cc1. The highest BCUT2D eigenvalue weighted by molar-refractivity contribution is 6.31. The average molecular weight is 566 g/mol. The molecular formula is C30H30Cl2N4O3. The van der Waals surface area contributed by atoms with Crippen LogP contribution in [-0.4, -0.2) is 61.6 Å². The molecule has 7 nitrogen and oxygen atoms in total. The Morgan fingerprint density at radius 2 is 1.62 bits per heavy atom. The second-order valence-electron chi connectivity index (χ2n) is 9.77. The van der Waals surface area contributed by atoms with Crippen molar-refractivity contribution in [2.24, 2.45) is 0 Å². The first-order valence-corrected chi connectivity index (χ1v) is 13.5. The molecule has 5 rings (SSSR count). The predicted octanol–water partition coefficient (Wildman–Crippen LogP) is 5.89. The number of rotatable bonds is 6. The maximum Gasteiger partial charge on any atom is 0.262 e. The Balaban J connectivity index is 1.49. The lowest BCUT2D eigenvalue weighted by molar-refractivity contribution is -0.115. The molecule has 1 amide bonds. The molecule has 0 atom stereocenters. The van der Waals surface area contributed by atoms with Gasteiger partial charge in [0.05, 0.1) is 30.4 Å². The molecule has 1 fully saturated rings. The van der Waals surface area contributed by atoms with Gasteiger partial charge in [0.1, 0.15) is 5.75 Å². The molecule has 0 unspecified atom stereocenters. The number of likely N-dealkylation sites (N-methyl/N-ethyl adjacent to an activating group) is 1. The normalized spacial score (nSPS) is 14.0. The first-order valence-electron chi connectivity index (χ1n) is 12.8. The summed E-state index contributed by atoms with van der Waals surface area (Å²) in [5.41, 5.74) is 4.28. The minimum atomic E-state index is -0.198. The quantitative estimate of drug-likeness (QED) is 0.316. The topological polar surface area (TPSA) is 66.8 Å². The van der Waals surface area contributed by atoms with Crippen LogP contribution in [0, 0.1) is 6.92 Å². The number of piperazine rings is 1. The number of nitrogens with one attached hydrogen (secondary N) is 1. The van der Waals surface area contributed by atoms with Gasteiger partial charge in [-0.1, -0.05) is 23.2 Å². The van der Waals surface area contributed by atoms with E-state index < -0.39 is 0 Å². The number of benzene rings is 3. The Morgan fingerprint density at radius 1 is 0.923 bits per heavy atom. The van der Waals surface area contributed by atoms with Crippen molar-refractivity contribution in [2.45, 2.75) is 13.3 Å². The summed E-state index contributed by atoms with van der Waals surface area (Å²) in [5, 5.41) is 4.98. The van der Waals surface area contributed by atoms with Crippen LogP contribution in [0.5, 0.6) is 5.75 Å². The van der Waals surface area contributed by atoms with E-state index in [1.54, 1.807) is 42.0 Å². The number of carbonyl (C=O) groups excluding carboxylic acids is 2. The molecule has 1 N–H and O–H groups in total. The molecule has 39 heavy (non-hydrogen) atoms. The average Bonchev–Trinajstić information content (AvgIpc) is 3.19. The van der Waals surface area contributed by atoms with Crippen molar-refractivity contribution in [1.82, 2.24) is 9.47 Å². The van der Waals surface area contributed by atoms with E-state index in [2.05, 4.69) is 22.2 Å². The number of fused-ring (bicyclic) bond motifs is 1. The van der Waals surface area contributed by atoms with Crippen LogP contribution in [0.4, 0.5) is 11.4 Å². The molecule has 1 aromatic heterocycles. The maximum atomic E-state index is 13.6. The smallest absolute Gasteiger partial charge is 0.262 e. The van der Waals surface area contributed by atoms with Crippen molar-refractivity contribution >= 4 is 57.3 Å². The lowest BCUT2D eigenvalue weighted by Crippen LogP contribution is -2.44. The summed E-state index contributed by atoms with van der Waals surface area (Å²) in [6, 6.07) is 17.9. The van der Waals surface area contributed by atoms with Gasteiger partial charge in [0.2, 0.25) is 5.91 Å². The summed E-state index contributed by atoms with van der Waals surface area (Å²) < 4.78 is 7.10. The lowest BCUT2D eigenvalue weighted by Gasteiger charge is -2.35. The van der Waals surface area contributed by atoms with Crippen LogP contribution < -0.4 is 15.0 Å². The predicted molar refractivity (Wildman–Crippen MR) is 158 cm³/mol. The molecule has 2 heterocycles. The summed E-state index contributed by atoms with van der Waals surface area (Å²) in [5.74, 6) is 0.252.